The Morgan fingerprint density at radius 1 is 1.50 bits per heavy atom. The van der Waals surface area contributed by atoms with Gasteiger partial charge in [0.05, 0.1) is 6.20 Å². The molecule has 5 heteroatoms. The number of anilines is 1. The average molecular weight is 348 g/mol. The van der Waals surface area contributed by atoms with E-state index in [1.165, 1.54) is 0 Å². The zero-order chi connectivity index (χ0) is 11.5. The predicted molar refractivity (Wildman–Crippen MR) is 74.7 cm³/mol. The standard InChI is InChI=1S/C11H11ClIN3/c1-16-7-8(6-15-16)5-14-11-3-2-9(12)4-10(11)13/h2-4,6-7,14H,5H2,1H3. The Kier molecular flexibility index (Phi) is 3.70. The zero-order valence-electron chi connectivity index (χ0n) is 8.74. The number of aromatic nitrogens is 2. The first-order valence-corrected chi connectivity index (χ1v) is 6.27. The highest BCUT2D eigenvalue weighted by Gasteiger charge is 2.01. The monoisotopic (exact) mass is 347 g/mol. The van der Waals surface area contributed by atoms with Crippen molar-refractivity contribution < 1.29 is 0 Å². The predicted octanol–water partition coefficient (Wildman–Crippen LogP) is 3.29. The van der Waals surface area contributed by atoms with E-state index >= 15 is 0 Å². The minimum absolute atomic E-state index is 0.760. The molecular formula is C11H11ClIN3. The van der Waals surface area contributed by atoms with E-state index in [9.17, 15) is 0 Å². The van der Waals surface area contributed by atoms with E-state index in [0.717, 1.165) is 26.4 Å². The molecule has 0 bridgehead atoms. The van der Waals surface area contributed by atoms with Gasteiger partial charge in [0.2, 0.25) is 0 Å². The van der Waals surface area contributed by atoms with Gasteiger partial charge in [-0.05, 0) is 40.8 Å². The third kappa shape index (κ3) is 2.89. The average Bonchev–Trinajstić information content (AvgIpc) is 2.63. The summed E-state index contributed by atoms with van der Waals surface area (Å²) in [6, 6.07) is 5.81. The highest BCUT2D eigenvalue weighted by atomic mass is 127. The molecule has 3 nitrogen and oxygen atoms in total. The topological polar surface area (TPSA) is 29.9 Å². The van der Waals surface area contributed by atoms with Crippen LogP contribution < -0.4 is 5.32 Å². The SMILES string of the molecule is Cn1cc(CNc2ccc(Cl)cc2I)cn1. The molecule has 1 N–H and O–H groups in total. The van der Waals surface area contributed by atoms with Crippen LogP contribution in [0, 0.1) is 3.57 Å². The second kappa shape index (κ2) is 5.05. The summed E-state index contributed by atoms with van der Waals surface area (Å²) in [7, 11) is 1.91. The molecule has 0 aliphatic heterocycles. The summed E-state index contributed by atoms with van der Waals surface area (Å²) < 4.78 is 2.91. The Morgan fingerprint density at radius 3 is 2.94 bits per heavy atom. The van der Waals surface area contributed by atoms with Gasteiger partial charge in [-0.1, -0.05) is 11.6 Å². The van der Waals surface area contributed by atoms with Crippen LogP contribution in [0.4, 0.5) is 5.69 Å². The molecule has 0 unspecified atom stereocenters. The van der Waals surface area contributed by atoms with Crippen LogP contribution in [0.2, 0.25) is 5.02 Å². The molecule has 1 heterocycles. The Labute approximate surface area is 113 Å². The van der Waals surface area contributed by atoms with Gasteiger partial charge in [0, 0.05) is 39.6 Å². The first-order valence-electron chi connectivity index (χ1n) is 4.81. The van der Waals surface area contributed by atoms with Crippen molar-refractivity contribution in [3.63, 3.8) is 0 Å². The van der Waals surface area contributed by atoms with E-state index in [0.29, 0.717) is 0 Å². The van der Waals surface area contributed by atoms with Crippen LogP contribution in [0.25, 0.3) is 0 Å². The molecule has 0 aliphatic carbocycles. The van der Waals surface area contributed by atoms with Gasteiger partial charge in [0.25, 0.3) is 0 Å². The lowest BCUT2D eigenvalue weighted by Crippen LogP contribution is -2.00. The van der Waals surface area contributed by atoms with E-state index in [-0.39, 0.29) is 0 Å². The number of nitrogens with one attached hydrogen (secondary N) is 1. The highest BCUT2D eigenvalue weighted by molar-refractivity contribution is 14.1. The molecule has 0 radical (unpaired) electrons. The quantitative estimate of drug-likeness (QED) is 0.864. The molecule has 2 rings (SSSR count). The lowest BCUT2D eigenvalue weighted by molar-refractivity contribution is 0.767. The highest BCUT2D eigenvalue weighted by Crippen LogP contribution is 2.22. The van der Waals surface area contributed by atoms with Crippen LogP contribution >= 0.6 is 34.2 Å². The van der Waals surface area contributed by atoms with Gasteiger partial charge in [0.15, 0.2) is 0 Å². The van der Waals surface area contributed by atoms with Crippen molar-refractivity contribution >= 4 is 39.9 Å². The third-order valence-electron chi connectivity index (χ3n) is 2.17. The van der Waals surface area contributed by atoms with E-state index in [1.54, 1.807) is 4.68 Å². The van der Waals surface area contributed by atoms with E-state index < -0.39 is 0 Å². The van der Waals surface area contributed by atoms with Gasteiger partial charge in [-0.2, -0.15) is 5.10 Å². The Bertz CT molecular complexity index is 496. The zero-order valence-corrected chi connectivity index (χ0v) is 11.7. The fraction of sp³-hybridized carbons (Fsp3) is 0.182. The van der Waals surface area contributed by atoms with E-state index in [2.05, 4.69) is 33.0 Å². The van der Waals surface area contributed by atoms with Gasteiger partial charge in [-0.25, -0.2) is 0 Å². The smallest absolute Gasteiger partial charge is 0.0539 e. The maximum atomic E-state index is 5.89. The third-order valence-corrected chi connectivity index (χ3v) is 3.30. The minimum atomic E-state index is 0.760. The maximum Gasteiger partial charge on any atom is 0.0539 e. The Hall–Kier alpha value is -0.750. The number of aryl methyl sites for hydroxylation is 1. The van der Waals surface area contributed by atoms with Crippen molar-refractivity contribution in [3.8, 4) is 0 Å². The first kappa shape index (κ1) is 11.7. The van der Waals surface area contributed by atoms with Crippen molar-refractivity contribution in [2.45, 2.75) is 6.54 Å². The number of benzene rings is 1. The number of hydrogen-bond donors (Lipinski definition) is 1. The fourth-order valence-electron chi connectivity index (χ4n) is 1.39. The summed E-state index contributed by atoms with van der Waals surface area (Å²) in [4.78, 5) is 0. The van der Waals surface area contributed by atoms with Gasteiger partial charge in [-0.15, -0.1) is 0 Å². The van der Waals surface area contributed by atoms with Crippen molar-refractivity contribution in [2.75, 3.05) is 5.32 Å². The van der Waals surface area contributed by atoms with Crippen LogP contribution in [0.1, 0.15) is 5.56 Å². The number of rotatable bonds is 3. The number of nitrogens with zero attached hydrogens (tertiary/aromatic N) is 2. The lowest BCUT2D eigenvalue weighted by Gasteiger charge is -2.07. The molecule has 16 heavy (non-hydrogen) atoms. The Morgan fingerprint density at radius 2 is 2.31 bits per heavy atom. The lowest BCUT2D eigenvalue weighted by atomic mass is 10.3. The summed E-state index contributed by atoms with van der Waals surface area (Å²) in [5, 5.41) is 8.23. The van der Waals surface area contributed by atoms with Crippen molar-refractivity contribution in [1.82, 2.24) is 9.78 Å². The molecule has 0 amide bonds. The maximum absolute atomic E-state index is 5.89. The first-order chi connectivity index (χ1) is 7.65. The second-order valence-corrected chi connectivity index (χ2v) is 5.10. The van der Waals surface area contributed by atoms with Gasteiger partial charge >= 0.3 is 0 Å². The summed E-state index contributed by atoms with van der Waals surface area (Å²) in [6.07, 6.45) is 3.85. The molecule has 1 aromatic heterocycles. The largest absolute Gasteiger partial charge is 0.380 e. The molecule has 0 saturated heterocycles. The van der Waals surface area contributed by atoms with Crippen LogP contribution in [-0.2, 0) is 13.6 Å². The van der Waals surface area contributed by atoms with E-state index in [1.807, 2.05) is 37.6 Å². The summed E-state index contributed by atoms with van der Waals surface area (Å²) in [5.74, 6) is 0. The number of halogens is 2. The van der Waals surface area contributed by atoms with Crippen molar-refractivity contribution in [2.24, 2.45) is 7.05 Å². The molecule has 0 saturated carbocycles. The van der Waals surface area contributed by atoms with E-state index in [4.69, 9.17) is 11.6 Å². The molecule has 0 atom stereocenters. The van der Waals surface area contributed by atoms with Gasteiger partial charge in [0.1, 0.15) is 0 Å². The van der Waals surface area contributed by atoms with Gasteiger partial charge in [-0.3, -0.25) is 4.68 Å². The van der Waals surface area contributed by atoms with Crippen LogP contribution in [0.5, 0.6) is 0 Å². The second-order valence-electron chi connectivity index (χ2n) is 3.50. The van der Waals surface area contributed by atoms with Crippen LogP contribution in [-0.4, -0.2) is 9.78 Å². The molecule has 0 fully saturated rings. The molecule has 2 aromatic rings. The number of hydrogen-bond acceptors (Lipinski definition) is 2. The van der Waals surface area contributed by atoms with Crippen molar-refractivity contribution in [1.29, 1.82) is 0 Å². The minimum Gasteiger partial charge on any atom is -0.380 e. The Balaban J connectivity index is 2.04. The molecule has 84 valence electrons. The van der Waals surface area contributed by atoms with Gasteiger partial charge < -0.3 is 5.32 Å². The normalized spacial score (nSPS) is 10.4. The fourth-order valence-corrected chi connectivity index (χ4v) is 2.46. The summed E-state index contributed by atoms with van der Waals surface area (Å²) in [5.41, 5.74) is 2.25. The molecule has 0 aliphatic rings. The summed E-state index contributed by atoms with van der Waals surface area (Å²) >= 11 is 8.16. The van der Waals surface area contributed by atoms with Crippen LogP contribution in [0.15, 0.2) is 30.6 Å². The van der Waals surface area contributed by atoms with Crippen LogP contribution in [0.3, 0.4) is 0 Å². The molecule has 0 spiro atoms. The molecular weight excluding hydrogens is 336 g/mol. The molecule has 1 aromatic carbocycles. The van der Waals surface area contributed by atoms with Crippen molar-refractivity contribution in [3.05, 3.63) is 44.7 Å². The summed E-state index contributed by atoms with van der Waals surface area (Å²) in [6.45, 7) is 0.769.